The van der Waals surface area contributed by atoms with E-state index in [0.717, 1.165) is 56.0 Å². The highest BCUT2D eigenvalue weighted by Gasteiger charge is 2.43. The van der Waals surface area contributed by atoms with Crippen molar-refractivity contribution in [1.29, 1.82) is 0 Å². The summed E-state index contributed by atoms with van der Waals surface area (Å²) in [6.07, 6.45) is 0.810. The fourth-order valence-corrected chi connectivity index (χ4v) is 5.29. The topological polar surface area (TPSA) is 82.7 Å². The number of benzene rings is 2. The molecular weight excluding hydrogens is 460 g/mol. The molecule has 1 aromatic heterocycles. The maximum absolute atomic E-state index is 13.8. The lowest BCUT2D eigenvalue weighted by molar-refractivity contribution is -0.908. The number of carbonyl (C=O) groups excluding carboxylic acids is 1. The summed E-state index contributed by atoms with van der Waals surface area (Å²) in [6, 6.07) is 8.68. The van der Waals surface area contributed by atoms with Crippen molar-refractivity contribution in [2.75, 3.05) is 53.6 Å². The van der Waals surface area contributed by atoms with E-state index in [9.17, 15) is 9.59 Å². The number of hydrogen-bond acceptors (Lipinski definition) is 6. The van der Waals surface area contributed by atoms with Crippen LogP contribution in [0.15, 0.2) is 39.5 Å². The van der Waals surface area contributed by atoms with E-state index in [0.29, 0.717) is 34.6 Å². The number of ether oxygens (including phenoxy) is 3. The third-order valence-electron chi connectivity index (χ3n) is 7.43. The molecule has 2 aliphatic heterocycles. The van der Waals surface area contributed by atoms with Crippen LogP contribution >= 0.6 is 0 Å². The second-order valence-electron chi connectivity index (χ2n) is 9.59. The summed E-state index contributed by atoms with van der Waals surface area (Å²) in [4.78, 5) is 30.8. The molecule has 1 saturated heterocycles. The molecule has 36 heavy (non-hydrogen) atoms. The maximum atomic E-state index is 13.8. The van der Waals surface area contributed by atoms with Gasteiger partial charge in [0, 0.05) is 13.0 Å². The highest BCUT2D eigenvalue weighted by Crippen LogP contribution is 2.41. The van der Waals surface area contributed by atoms with Crippen LogP contribution in [0.1, 0.15) is 45.3 Å². The number of carbonyl (C=O) groups is 1. The van der Waals surface area contributed by atoms with E-state index in [2.05, 4.69) is 0 Å². The highest BCUT2D eigenvalue weighted by molar-refractivity contribution is 5.99. The number of hydrogen-bond donors (Lipinski definition) is 1. The number of rotatable bonds is 7. The molecule has 1 N–H and O–H groups in total. The number of amides is 1. The van der Waals surface area contributed by atoms with Gasteiger partial charge in [-0.2, -0.15) is 0 Å². The van der Waals surface area contributed by atoms with Crippen molar-refractivity contribution in [1.82, 2.24) is 4.90 Å². The molecule has 3 heterocycles. The molecule has 0 radical (unpaired) electrons. The van der Waals surface area contributed by atoms with E-state index in [1.165, 1.54) is 4.90 Å². The fourth-order valence-electron chi connectivity index (χ4n) is 5.29. The van der Waals surface area contributed by atoms with Gasteiger partial charge in [-0.1, -0.05) is 6.07 Å². The summed E-state index contributed by atoms with van der Waals surface area (Å²) in [6.45, 7) is 8.86. The summed E-state index contributed by atoms with van der Waals surface area (Å²) >= 11 is 0. The highest BCUT2D eigenvalue weighted by atomic mass is 16.5. The Kier molecular flexibility index (Phi) is 6.73. The zero-order valence-electron chi connectivity index (χ0n) is 21.3. The Bertz CT molecular complexity index is 1360. The van der Waals surface area contributed by atoms with Gasteiger partial charge in [-0.25, -0.2) is 0 Å². The number of quaternary nitrogens is 1. The summed E-state index contributed by atoms with van der Waals surface area (Å²) in [5.41, 5.74) is 3.48. The van der Waals surface area contributed by atoms with Crippen molar-refractivity contribution in [3.63, 3.8) is 0 Å². The average molecular weight is 494 g/mol. The molecule has 0 saturated carbocycles. The van der Waals surface area contributed by atoms with Gasteiger partial charge in [0.15, 0.2) is 16.9 Å². The molecule has 2 aromatic carbocycles. The largest absolute Gasteiger partial charge is 0.493 e. The number of fused-ring (bicyclic) bond motifs is 2. The molecule has 8 nitrogen and oxygen atoms in total. The van der Waals surface area contributed by atoms with Crippen LogP contribution in [0.3, 0.4) is 0 Å². The monoisotopic (exact) mass is 493 g/mol. The third-order valence-corrected chi connectivity index (χ3v) is 7.43. The van der Waals surface area contributed by atoms with Gasteiger partial charge < -0.3 is 28.4 Å². The van der Waals surface area contributed by atoms with Gasteiger partial charge >= 0.3 is 0 Å². The van der Waals surface area contributed by atoms with E-state index in [-0.39, 0.29) is 17.1 Å². The average Bonchev–Trinajstić information content (AvgIpc) is 3.17. The van der Waals surface area contributed by atoms with Crippen LogP contribution in [0.2, 0.25) is 0 Å². The molecule has 5 rings (SSSR count). The first-order valence-electron chi connectivity index (χ1n) is 12.4. The quantitative estimate of drug-likeness (QED) is 0.544. The number of methoxy groups -OCH3 is 2. The first kappa shape index (κ1) is 24.3. The summed E-state index contributed by atoms with van der Waals surface area (Å²) in [5, 5.41) is 0.495. The van der Waals surface area contributed by atoms with Crippen LogP contribution in [0.25, 0.3) is 11.0 Å². The summed E-state index contributed by atoms with van der Waals surface area (Å²) < 4.78 is 22.6. The third kappa shape index (κ3) is 4.24. The lowest BCUT2D eigenvalue weighted by Crippen LogP contribution is -3.14. The zero-order valence-corrected chi connectivity index (χ0v) is 21.3. The standard InChI is InChI=1S/C28H32N2O6/c1-17-14-20-22(15-18(17)2)36-27-24(26(20)31)25(19-6-7-21(33-3)23(16-19)34-4)30(28(27)32)9-5-8-29-10-12-35-13-11-29/h6-7,14-16,25H,5,8-13H2,1-4H3/p+1. The fraction of sp³-hybridized carbons (Fsp3) is 0.429. The summed E-state index contributed by atoms with van der Waals surface area (Å²) in [5.74, 6) is 1.02. The van der Waals surface area contributed by atoms with Crippen LogP contribution in [-0.2, 0) is 4.74 Å². The number of morpholine rings is 1. The molecule has 0 spiro atoms. The molecule has 1 amide bonds. The second kappa shape index (κ2) is 9.95. The van der Waals surface area contributed by atoms with Crippen molar-refractivity contribution in [3.05, 3.63) is 68.6 Å². The van der Waals surface area contributed by atoms with E-state index < -0.39 is 6.04 Å². The molecule has 3 aromatic rings. The first-order chi connectivity index (χ1) is 17.4. The minimum atomic E-state index is -0.561. The van der Waals surface area contributed by atoms with Crippen molar-refractivity contribution in [2.24, 2.45) is 0 Å². The molecule has 0 aliphatic carbocycles. The lowest BCUT2D eigenvalue weighted by atomic mass is 9.97. The zero-order chi connectivity index (χ0) is 25.4. The Balaban J connectivity index is 1.58. The molecule has 8 heteroatoms. The molecule has 0 bridgehead atoms. The Morgan fingerprint density at radius 1 is 1.00 bits per heavy atom. The minimum Gasteiger partial charge on any atom is -0.493 e. The van der Waals surface area contributed by atoms with E-state index >= 15 is 0 Å². The van der Waals surface area contributed by atoms with E-state index in [1.54, 1.807) is 19.1 Å². The van der Waals surface area contributed by atoms with Crippen molar-refractivity contribution in [2.45, 2.75) is 26.3 Å². The van der Waals surface area contributed by atoms with Crippen molar-refractivity contribution >= 4 is 16.9 Å². The van der Waals surface area contributed by atoms with Crippen LogP contribution in [0, 0.1) is 13.8 Å². The molecule has 1 unspecified atom stereocenters. The van der Waals surface area contributed by atoms with Crippen LogP contribution in [0.5, 0.6) is 11.5 Å². The predicted octanol–water partition coefficient (Wildman–Crippen LogP) is 2.28. The van der Waals surface area contributed by atoms with E-state index in [1.807, 2.05) is 44.2 Å². The van der Waals surface area contributed by atoms with Crippen molar-refractivity contribution in [3.8, 4) is 11.5 Å². The van der Waals surface area contributed by atoms with E-state index in [4.69, 9.17) is 18.6 Å². The molecule has 1 atom stereocenters. The maximum Gasteiger partial charge on any atom is 0.290 e. The first-order valence-corrected chi connectivity index (χ1v) is 12.4. The molecule has 190 valence electrons. The Hall–Kier alpha value is -3.36. The van der Waals surface area contributed by atoms with Crippen molar-refractivity contribution < 1.29 is 28.3 Å². The summed E-state index contributed by atoms with van der Waals surface area (Å²) in [7, 11) is 3.16. The predicted molar refractivity (Wildman–Crippen MR) is 135 cm³/mol. The minimum absolute atomic E-state index is 0.134. The van der Waals surface area contributed by atoms with Gasteiger partial charge in [0.2, 0.25) is 5.76 Å². The second-order valence-corrected chi connectivity index (χ2v) is 9.59. The molecule has 1 fully saturated rings. The van der Waals surface area contributed by atoms with Gasteiger partial charge in [-0.05, 0) is 54.8 Å². The Morgan fingerprint density at radius 3 is 2.44 bits per heavy atom. The SMILES string of the molecule is COc1ccc(C2c3c(oc4cc(C)c(C)cc4c3=O)C(=O)N2CCC[NH+]2CCOCC2)cc1OC. The van der Waals surface area contributed by atoms with Gasteiger partial charge in [0.05, 0.1) is 51.0 Å². The number of aryl methyl sites for hydroxylation is 2. The molecular formula is C28H33N2O6+. The normalized spacial score (nSPS) is 18.1. The Labute approximate surface area is 210 Å². The van der Waals surface area contributed by atoms with Gasteiger partial charge in [0.1, 0.15) is 18.7 Å². The van der Waals surface area contributed by atoms with Gasteiger partial charge in [0.25, 0.3) is 5.91 Å². The molecule has 2 aliphatic rings. The Morgan fingerprint density at radius 2 is 1.72 bits per heavy atom. The lowest BCUT2D eigenvalue weighted by Gasteiger charge is -2.28. The van der Waals surface area contributed by atoms with Gasteiger partial charge in [-0.3, -0.25) is 9.59 Å². The smallest absolute Gasteiger partial charge is 0.290 e. The number of nitrogens with zero attached hydrogens (tertiary/aromatic N) is 1. The van der Waals surface area contributed by atoms with Crippen LogP contribution in [0.4, 0.5) is 0 Å². The van der Waals surface area contributed by atoms with Crippen LogP contribution in [-0.4, -0.2) is 64.4 Å². The number of nitrogens with one attached hydrogen (secondary N) is 1. The van der Waals surface area contributed by atoms with Gasteiger partial charge in [-0.15, -0.1) is 0 Å². The van der Waals surface area contributed by atoms with Crippen LogP contribution < -0.4 is 19.8 Å².